The van der Waals surface area contributed by atoms with Gasteiger partial charge in [0.15, 0.2) is 0 Å². The average molecular weight is 305 g/mol. The molecule has 1 atom stereocenters. The molecule has 1 aliphatic heterocycles. The van der Waals surface area contributed by atoms with Crippen LogP contribution in [0.2, 0.25) is 0 Å². The van der Waals surface area contributed by atoms with Gasteiger partial charge in [-0.15, -0.1) is 0 Å². The monoisotopic (exact) mass is 305 g/mol. The maximum absolute atomic E-state index is 11.9. The Morgan fingerprint density at radius 2 is 1.95 bits per heavy atom. The van der Waals surface area contributed by atoms with Gasteiger partial charge in [0.25, 0.3) is 0 Å². The summed E-state index contributed by atoms with van der Waals surface area (Å²) in [5.41, 5.74) is 1.07. The standard InChI is InChI=1S/C15H19N3O4/c1-10(19)16-15(21)18-13-4-2-3-12(8-13)17-14(20)7-11-5-6-22-9-11/h2-4,8,11H,5-7,9H2,1H3,(H,17,20)(H2,16,18,19,21). The van der Waals surface area contributed by atoms with Crippen LogP contribution in [0.4, 0.5) is 16.2 Å². The summed E-state index contributed by atoms with van der Waals surface area (Å²) >= 11 is 0. The number of carbonyl (C=O) groups excluding carboxylic acids is 3. The average Bonchev–Trinajstić information content (AvgIpc) is 2.90. The zero-order chi connectivity index (χ0) is 15.9. The van der Waals surface area contributed by atoms with Gasteiger partial charge in [-0.3, -0.25) is 14.9 Å². The van der Waals surface area contributed by atoms with E-state index in [0.29, 0.717) is 31.0 Å². The van der Waals surface area contributed by atoms with E-state index in [2.05, 4.69) is 16.0 Å². The van der Waals surface area contributed by atoms with Gasteiger partial charge >= 0.3 is 6.03 Å². The highest BCUT2D eigenvalue weighted by Crippen LogP contribution is 2.19. The Labute approximate surface area is 128 Å². The smallest absolute Gasteiger partial charge is 0.325 e. The van der Waals surface area contributed by atoms with Crippen molar-refractivity contribution in [3.63, 3.8) is 0 Å². The van der Waals surface area contributed by atoms with Gasteiger partial charge in [0.05, 0.1) is 0 Å². The van der Waals surface area contributed by atoms with Gasteiger partial charge in [-0.2, -0.15) is 0 Å². The summed E-state index contributed by atoms with van der Waals surface area (Å²) in [6, 6.07) is 6.12. The zero-order valence-corrected chi connectivity index (χ0v) is 12.3. The molecule has 1 heterocycles. The molecular formula is C15H19N3O4. The van der Waals surface area contributed by atoms with Crippen molar-refractivity contribution < 1.29 is 19.1 Å². The highest BCUT2D eigenvalue weighted by molar-refractivity contribution is 6.00. The van der Waals surface area contributed by atoms with E-state index in [0.717, 1.165) is 6.42 Å². The maximum Gasteiger partial charge on any atom is 0.325 e. The molecule has 3 N–H and O–H groups in total. The summed E-state index contributed by atoms with van der Waals surface area (Å²) in [4.78, 5) is 34.2. The zero-order valence-electron chi connectivity index (χ0n) is 12.3. The molecule has 7 heteroatoms. The van der Waals surface area contributed by atoms with Gasteiger partial charge in [-0.25, -0.2) is 4.79 Å². The number of hydrogen-bond acceptors (Lipinski definition) is 4. The maximum atomic E-state index is 11.9. The first kappa shape index (κ1) is 16.0. The predicted octanol–water partition coefficient (Wildman–Crippen LogP) is 1.72. The molecule has 4 amide bonds. The van der Waals surface area contributed by atoms with E-state index in [1.54, 1.807) is 24.3 Å². The largest absolute Gasteiger partial charge is 0.381 e. The van der Waals surface area contributed by atoms with Crippen molar-refractivity contribution in [2.45, 2.75) is 19.8 Å². The molecule has 7 nitrogen and oxygen atoms in total. The lowest BCUT2D eigenvalue weighted by molar-refractivity contribution is -0.118. The topological polar surface area (TPSA) is 96.5 Å². The minimum atomic E-state index is -0.612. The van der Waals surface area contributed by atoms with Crippen LogP contribution in [0.5, 0.6) is 0 Å². The summed E-state index contributed by atoms with van der Waals surface area (Å²) < 4.78 is 5.24. The third kappa shape index (κ3) is 5.17. The van der Waals surface area contributed by atoms with E-state index < -0.39 is 11.9 Å². The molecule has 0 aromatic heterocycles. The predicted molar refractivity (Wildman–Crippen MR) is 81.5 cm³/mol. The van der Waals surface area contributed by atoms with E-state index >= 15 is 0 Å². The van der Waals surface area contributed by atoms with Crippen LogP contribution < -0.4 is 16.0 Å². The lowest BCUT2D eigenvalue weighted by Crippen LogP contribution is -2.32. The molecule has 2 rings (SSSR count). The van der Waals surface area contributed by atoms with E-state index in [1.165, 1.54) is 6.92 Å². The Hall–Kier alpha value is -2.41. The molecular weight excluding hydrogens is 286 g/mol. The van der Waals surface area contributed by atoms with Crippen LogP contribution in [0.3, 0.4) is 0 Å². The van der Waals surface area contributed by atoms with Crippen LogP contribution in [0.1, 0.15) is 19.8 Å². The number of ether oxygens (including phenoxy) is 1. The Kier molecular flexibility index (Phi) is 5.48. The van der Waals surface area contributed by atoms with E-state index in [9.17, 15) is 14.4 Å². The number of hydrogen-bond donors (Lipinski definition) is 3. The molecule has 1 unspecified atom stereocenters. The van der Waals surface area contributed by atoms with Gasteiger partial charge in [0.1, 0.15) is 0 Å². The van der Waals surface area contributed by atoms with Crippen molar-refractivity contribution in [2.24, 2.45) is 5.92 Å². The molecule has 1 saturated heterocycles. The van der Waals surface area contributed by atoms with Crippen molar-refractivity contribution in [2.75, 3.05) is 23.8 Å². The second-order valence-corrected chi connectivity index (χ2v) is 5.20. The van der Waals surface area contributed by atoms with Crippen molar-refractivity contribution in [1.29, 1.82) is 0 Å². The van der Waals surface area contributed by atoms with Crippen LogP contribution in [0, 0.1) is 5.92 Å². The minimum Gasteiger partial charge on any atom is -0.381 e. The molecule has 22 heavy (non-hydrogen) atoms. The number of anilines is 2. The minimum absolute atomic E-state index is 0.0826. The number of nitrogens with one attached hydrogen (secondary N) is 3. The van der Waals surface area contributed by atoms with Gasteiger partial charge in [-0.05, 0) is 30.5 Å². The summed E-state index contributed by atoms with van der Waals surface area (Å²) in [5, 5.41) is 7.42. The van der Waals surface area contributed by atoms with Gasteiger partial charge < -0.3 is 15.4 Å². The fraction of sp³-hybridized carbons (Fsp3) is 0.400. The molecule has 1 aromatic carbocycles. The van der Waals surface area contributed by atoms with Crippen LogP contribution >= 0.6 is 0 Å². The lowest BCUT2D eigenvalue weighted by Gasteiger charge is -2.10. The number of imide groups is 1. The second-order valence-electron chi connectivity index (χ2n) is 5.20. The number of urea groups is 1. The molecule has 0 spiro atoms. The van der Waals surface area contributed by atoms with Crippen LogP contribution in [0.25, 0.3) is 0 Å². The fourth-order valence-corrected chi connectivity index (χ4v) is 2.22. The number of carbonyl (C=O) groups is 3. The van der Waals surface area contributed by atoms with E-state index in [-0.39, 0.29) is 11.8 Å². The Bertz CT molecular complexity index is 568. The third-order valence-electron chi connectivity index (χ3n) is 3.19. The highest BCUT2D eigenvalue weighted by atomic mass is 16.5. The van der Waals surface area contributed by atoms with Crippen molar-refractivity contribution in [3.05, 3.63) is 24.3 Å². The lowest BCUT2D eigenvalue weighted by atomic mass is 10.0. The van der Waals surface area contributed by atoms with Crippen molar-refractivity contribution in [3.8, 4) is 0 Å². The van der Waals surface area contributed by atoms with Crippen molar-refractivity contribution >= 4 is 29.2 Å². The third-order valence-corrected chi connectivity index (χ3v) is 3.19. The second kappa shape index (κ2) is 7.56. The Morgan fingerprint density at radius 3 is 2.59 bits per heavy atom. The molecule has 0 saturated carbocycles. The molecule has 0 bridgehead atoms. The molecule has 1 fully saturated rings. The fourth-order valence-electron chi connectivity index (χ4n) is 2.22. The van der Waals surface area contributed by atoms with Crippen LogP contribution in [-0.2, 0) is 14.3 Å². The normalized spacial score (nSPS) is 16.9. The Balaban J connectivity index is 1.88. The van der Waals surface area contributed by atoms with Gasteiger partial charge in [0, 0.05) is 37.9 Å². The quantitative estimate of drug-likeness (QED) is 0.789. The number of benzene rings is 1. The number of rotatable bonds is 4. The first-order valence-electron chi connectivity index (χ1n) is 7.09. The van der Waals surface area contributed by atoms with E-state index in [1.807, 2.05) is 0 Å². The van der Waals surface area contributed by atoms with E-state index in [4.69, 9.17) is 4.74 Å². The van der Waals surface area contributed by atoms with Gasteiger partial charge in [0.2, 0.25) is 11.8 Å². The van der Waals surface area contributed by atoms with Crippen molar-refractivity contribution in [1.82, 2.24) is 5.32 Å². The first-order chi connectivity index (χ1) is 10.5. The summed E-state index contributed by atoms with van der Waals surface area (Å²) in [6.07, 6.45) is 1.32. The molecule has 0 aliphatic carbocycles. The SMILES string of the molecule is CC(=O)NC(=O)Nc1cccc(NC(=O)CC2CCOC2)c1. The summed E-state index contributed by atoms with van der Waals surface area (Å²) in [5.74, 6) is -0.260. The summed E-state index contributed by atoms with van der Waals surface area (Å²) in [6.45, 7) is 2.59. The number of amides is 4. The summed E-state index contributed by atoms with van der Waals surface area (Å²) in [7, 11) is 0. The molecule has 0 radical (unpaired) electrons. The Morgan fingerprint density at radius 1 is 1.23 bits per heavy atom. The first-order valence-corrected chi connectivity index (χ1v) is 7.09. The van der Waals surface area contributed by atoms with Crippen LogP contribution in [-0.4, -0.2) is 31.1 Å². The van der Waals surface area contributed by atoms with Gasteiger partial charge in [-0.1, -0.05) is 6.07 Å². The van der Waals surface area contributed by atoms with Crippen LogP contribution in [0.15, 0.2) is 24.3 Å². The molecule has 118 valence electrons. The highest BCUT2D eigenvalue weighted by Gasteiger charge is 2.19. The molecule has 1 aromatic rings. The molecule has 1 aliphatic rings.